The van der Waals surface area contributed by atoms with Crippen molar-refractivity contribution in [1.82, 2.24) is 0 Å². The van der Waals surface area contributed by atoms with E-state index in [0.717, 1.165) is 23.7 Å². The van der Waals surface area contributed by atoms with Gasteiger partial charge in [0.1, 0.15) is 0 Å². The van der Waals surface area contributed by atoms with Crippen LogP contribution in [0.1, 0.15) is 62.0 Å². The summed E-state index contributed by atoms with van der Waals surface area (Å²) in [6, 6.07) is 0. The SMILES string of the molecule is [2H]C([2H])(C1CC2C3CCC(C3)C2C1)C(C)(C)C. The molecule has 3 aliphatic rings. The molecule has 3 saturated carbocycles. The van der Waals surface area contributed by atoms with E-state index in [1.54, 1.807) is 0 Å². The quantitative estimate of drug-likeness (QED) is 0.595. The van der Waals surface area contributed by atoms with Gasteiger partial charge in [-0.2, -0.15) is 0 Å². The zero-order valence-electron chi connectivity index (χ0n) is 12.4. The third-order valence-corrected chi connectivity index (χ3v) is 5.03. The minimum absolute atomic E-state index is 0.213. The van der Waals surface area contributed by atoms with Gasteiger partial charge < -0.3 is 0 Å². The fraction of sp³-hybridized carbons (Fsp3) is 1.00. The van der Waals surface area contributed by atoms with E-state index in [1.807, 2.05) is 0 Å². The van der Waals surface area contributed by atoms with Gasteiger partial charge in [-0.3, -0.25) is 0 Å². The smallest absolute Gasteiger partial charge is 0.0275 e. The van der Waals surface area contributed by atoms with Crippen molar-refractivity contribution in [3.8, 4) is 0 Å². The van der Waals surface area contributed by atoms with Crippen molar-refractivity contribution in [3.63, 3.8) is 0 Å². The van der Waals surface area contributed by atoms with Crippen molar-refractivity contribution in [1.29, 1.82) is 0 Å². The third-order valence-electron chi connectivity index (χ3n) is 5.03. The maximum Gasteiger partial charge on any atom is 0.0275 e. The maximum atomic E-state index is 8.47. The fourth-order valence-corrected chi connectivity index (χ4v) is 4.75. The highest BCUT2D eigenvalue weighted by atomic mass is 14.6. The average Bonchev–Trinajstić information content (AvgIpc) is 2.88. The topological polar surface area (TPSA) is 0 Å². The second-order valence-corrected chi connectivity index (χ2v) is 7.22. The van der Waals surface area contributed by atoms with Crippen molar-refractivity contribution in [2.45, 2.75) is 59.2 Å². The van der Waals surface area contributed by atoms with Gasteiger partial charge in [0.2, 0.25) is 0 Å². The van der Waals surface area contributed by atoms with Gasteiger partial charge in [-0.05, 0) is 73.5 Å². The molecule has 86 valence electrons. The highest BCUT2D eigenvalue weighted by molar-refractivity contribution is 5.01. The molecule has 0 spiro atoms. The summed E-state index contributed by atoms with van der Waals surface area (Å²) >= 11 is 0. The summed E-state index contributed by atoms with van der Waals surface area (Å²) in [5.74, 6) is 4.02. The Morgan fingerprint density at radius 2 is 1.53 bits per heavy atom. The molecule has 15 heavy (non-hydrogen) atoms. The van der Waals surface area contributed by atoms with Gasteiger partial charge in [-0.25, -0.2) is 0 Å². The van der Waals surface area contributed by atoms with Crippen molar-refractivity contribution in [2.75, 3.05) is 0 Å². The first-order valence-electron chi connectivity index (χ1n) is 7.80. The lowest BCUT2D eigenvalue weighted by Gasteiger charge is -2.23. The third kappa shape index (κ3) is 1.74. The van der Waals surface area contributed by atoms with Crippen molar-refractivity contribution in [3.05, 3.63) is 0 Å². The molecule has 0 amide bonds. The van der Waals surface area contributed by atoms with E-state index >= 15 is 0 Å². The molecule has 4 unspecified atom stereocenters. The number of fused-ring (bicyclic) bond motifs is 5. The van der Waals surface area contributed by atoms with Crippen LogP contribution >= 0.6 is 0 Å². The molecule has 2 bridgehead atoms. The molecule has 0 radical (unpaired) electrons. The van der Waals surface area contributed by atoms with Gasteiger partial charge in [0.25, 0.3) is 0 Å². The molecule has 0 aliphatic heterocycles. The molecule has 0 aromatic carbocycles. The summed E-state index contributed by atoms with van der Waals surface area (Å²) in [7, 11) is 0. The highest BCUT2D eigenvalue weighted by Gasteiger charge is 2.51. The molecule has 3 aliphatic carbocycles. The van der Waals surface area contributed by atoms with Crippen LogP contribution in [0, 0.1) is 35.0 Å². The molecule has 0 nitrogen and oxygen atoms in total. The first kappa shape index (κ1) is 8.14. The summed E-state index contributed by atoms with van der Waals surface area (Å²) < 4.78 is 16.9. The Morgan fingerprint density at radius 3 is 2.00 bits per heavy atom. The molecular formula is C15H26. The van der Waals surface area contributed by atoms with Crippen LogP contribution in [0.5, 0.6) is 0 Å². The first-order valence-corrected chi connectivity index (χ1v) is 6.80. The van der Waals surface area contributed by atoms with Crippen LogP contribution in [-0.4, -0.2) is 0 Å². The summed E-state index contributed by atoms with van der Waals surface area (Å²) in [5.41, 5.74) is -0.213. The molecular weight excluding hydrogens is 180 g/mol. The normalized spacial score (nSPS) is 51.5. The Balaban J connectivity index is 1.77. The van der Waals surface area contributed by atoms with Gasteiger partial charge in [0.15, 0.2) is 0 Å². The molecule has 0 heteroatoms. The van der Waals surface area contributed by atoms with Gasteiger partial charge >= 0.3 is 0 Å². The Bertz CT molecular complexity index is 297. The lowest BCUT2D eigenvalue weighted by molar-refractivity contribution is 0.259. The number of rotatable bonds is 1. The van der Waals surface area contributed by atoms with Gasteiger partial charge in [0.05, 0.1) is 0 Å². The summed E-state index contributed by atoms with van der Waals surface area (Å²) in [5, 5.41) is 0. The number of hydrogen-bond donors (Lipinski definition) is 0. The highest BCUT2D eigenvalue weighted by Crippen LogP contribution is 2.61. The zero-order valence-corrected chi connectivity index (χ0v) is 10.4. The lowest BCUT2D eigenvalue weighted by atomic mass is 9.82. The van der Waals surface area contributed by atoms with E-state index in [2.05, 4.69) is 20.8 Å². The molecule has 0 aromatic heterocycles. The molecule has 0 heterocycles. The second-order valence-electron chi connectivity index (χ2n) is 7.22. The van der Waals surface area contributed by atoms with Gasteiger partial charge in [0, 0.05) is 2.74 Å². The Morgan fingerprint density at radius 1 is 1.00 bits per heavy atom. The van der Waals surface area contributed by atoms with Gasteiger partial charge in [-0.15, -0.1) is 0 Å². The van der Waals surface area contributed by atoms with Crippen LogP contribution in [0.25, 0.3) is 0 Å². The largest absolute Gasteiger partial charge is 0.0602 e. The van der Waals surface area contributed by atoms with E-state index in [1.165, 1.54) is 32.1 Å². The Hall–Kier alpha value is 0. The minimum Gasteiger partial charge on any atom is -0.0602 e. The molecule has 3 fully saturated rings. The van der Waals surface area contributed by atoms with Crippen LogP contribution in [0.3, 0.4) is 0 Å². The van der Waals surface area contributed by atoms with Crippen LogP contribution in [-0.2, 0) is 0 Å². The summed E-state index contributed by atoms with van der Waals surface area (Å²) in [6.07, 6.45) is 5.72. The van der Waals surface area contributed by atoms with Crippen LogP contribution in [0.2, 0.25) is 0 Å². The Kier molecular flexibility index (Phi) is 1.76. The molecule has 0 aromatic rings. The maximum absolute atomic E-state index is 8.47. The lowest BCUT2D eigenvalue weighted by Crippen LogP contribution is -2.15. The van der Waals surface area contributed by atoms with E-state index in [9.17, 15) is 0 Å². The van der Waals surface area contributed by atoms with E-state index in [4.69, 9.17) is 2.74 Å². The average molecular weight is 208 g/mol. The molecule has 0 N–H and O–H groups in total. The fourth-order valence-electron chi connectivity index (χ4n) is 4.75. The summed E-state index contributed by atoms with van der Waals surface area (Å²) in [4.78, 5) is 0. The van der Waals surface area contributed by atoms with Crippen molar-refractivity contribution in [2.24, 2.45) is 35.0 Å². The van der Waals surface area contributed by atoms with Crippen LogP contribution in [0.15, 0.2) is 0 Å². The second kappa shape index (κ2) is 3.25. The summed E-state index contributed by atoms with van der Waals surface area (Å²) in [6.45, 7) is 6.20. The Labute approximate surface area is 97.6 Å². The van der Waals surface area contributed by atoms with Crippen molar-refractivity contribution >= 4 is 0 Å². The standard InChI is InChI=1S/C15H26/c1-15(2,3)9-10-6-13-11-4-5-12(8-11)14(13)7-10/h10-14H,4-9H2,1-3H3/i9D2. The molecule has 3 rings (SSSR count). The van der Waals surface area contributed by atoms with E-state index in [-0.39, 0.29) is 5.41 Å². The van der Waals surface area contributed by atoms with Crippen molar-refractivity contribution < 1.29 is 2.74 Å². The van der Waals surface area contributed by atoms with Crippen LogP contribution in [0.4, 0.5) is 0 Å². The predicted octanol–water partition coefficient (Wildman–Crippen LogP) is 4.49. The zero-order chi connectivity index (χ0) is 12.4. The first-order chi connectivity index (χ1) is 7.80. The molecule has 0 saturated heterocycles. The van der Waals surface area contributed by atoms with Crippen LogP contribution < -0.4 is 0 Å². The minimum atomic E-state index is -0.989. The van der Waals surface area contributed by atoms with E-state index in [0.29, 0.717) is 5.92 Å². The molecule has 4 atom stereocenters. The monoisotopic (exact) mass is 208 g/mol. The predicted molar refractivity (Wildman–Crippen MR) is 64.6 cm³/mol. The van der Waals surface area contributed by atoms with Gasteiger partial charge in [-0.1, -0.05) is 20.8 Å². The number of hydrogen-bond acceptors (Lipinski definition) is 0. The van der Waals surface area contributed by atoms with E-state index < -0.39 is 6.37 Å².